The topological polar surface area (TPSA) is 9.23 Å². The van der Waals surface area contributed by atoms with Crippen molar-refractivity contribution in [3.05, 3.63) is 0 Å². The largest absolute Gasteiger partial charge is 0.455 e. The van der Waals surface area contributed by atoms with E-state index in [1.807, 2.05) is 0 Å². The van der Waals surface area contributed by atoms with Crippen LogP contribution in [0.5, 0.6) is 0 Å². The smallest absolute Gasteiger partial charge is 0.287 e. The maximum Gasteiger partial charge on any atom is 0.455 e. The van der Waals surface area contributed by atoms with Crippen LogP contribution >= 0.6 is 0 Å². The first-order valence-corrected chi connectivity index (χ1v) is 6.02. The van der Waals surface area contributed by atoms with Gasteiger partial charge in [-0.15, -0.1) is 0 Å². The molecule has 0 aromatic rings. The van der Waals surface area contributed by atoms with Gasteiger partial charge < -0.3 is 0 Å². The summed E-state index contributed by atoms with van der Waals surface area (Å²) in [5, 5.41) is 0. The zero-order valence-corrected chi connectivity index (χ0v) is 12.0. The van der Waals surface area contributed by atoms with Gasteiger partial charge in [0, 0.05) is 5.41 Å². The average Bonchev–Trinajstić information content (AvgIpc) is 2.32. The fourth-order valence-corrected chi connectivity index (χ4v) is 2.35. The first-order chi connectivity index (χ1) is 10.2. The second-order valence-electron chi connectivity index (χ2n) is 6.20. The molecule has 0 aliphatic carbocycles. The van der Waals surface area contributed by atoms with Crippen LogP contribution in [0.2, 0.25) is 0 Å². The molecular formula is C11H10F12O. The molecule has 13 heteroatoms. The van der Waals surface area contributed by atoms with Crippen LogP contribution in [0, 0.1) is 5.41 Å². The van der Waals surface area contributed by atoms with E-state index in [1.165, 1.54) is 0 Å². The predicted octanol–water partition coefficient (Wildman–Crippen LogP) is 5.20. The van der Waals surface area contributed by atoms with Gasteiger partial charge in [0.25, 0.3) is 5.67 Å². The highest BCUT2D eigenvalue weighted by molar-refractivity contribution is 5.24. The maximum atomic E-state index is 14.6. The normalized spacial score (nSPS) is 40.0. The first kappa shape index (κ1) is 21.2. The summed E-state index contributed by atoms with van der Waals surface area (Å²) in [4.78, 5) is 0. The van der Waals surface area contributed by atoms with Gasteiger partial charge in [-0.05, 0) is 0 Å². The van der Waals surface area contributed by atoms with Gasteiger partial charge in [-0.2, -0.15) is 39.5 Å². The van der Waals surface area contributed by atoms with Crippen LogP contribution in [0.15, 0.2) is 0 Å². The summed E-state index contributed by atoms with van der Waals surface area (Å²) in [7, 11) is 0. The molecule has 0 amide bonds. The van der Waals surface area contributed by atoms with E-state index in [0.29, 0.717) is 0 Å². The van der Waals surface area contributed by atoms with E-state index >= 15 is 0 Å². The number of ether oxygens (including phenoxy) is 1. The molecule has 144 valence electrons. The van der Waals surface area contributed by atoms with Crippen molar-refractivity contribution in [1.82, 2.24) is 0 Å². The van der Waals surface area contributed by atoms with Gasteiger partial charge in [-0.3, -0.25) is 4.74 Å². The molecule has 1 heterocycles. The Hall–Kier alpha value is -0.880. The van der Waals surface area contributed by atoms with E-state index in [2.05, 4.69) is 4.74 Å². The van der Waals surface area contributed by atoms with Crippen molar-refractivity contribution in [2.45, 2.75) is 62.6 Å². The summed E-state index contributed by atoms with van der Waals surface area (Å²) in [6.07, 6.45) is -12.3. The molecule has 0 spiro atoms. The van der Waals surface area contributed by atoms with Crippen molar-refractivity contribution in [3.63, 3.8) is 0 Å². The first-order valence-electron chi connectivity index (χ1n) is 6.02. The lowest BCUT2D eigenvalue weighted by molar-refractivity contribution is -0.548. The molecule has 1 aliphatic rings. The van der Waals surface area contributed by atoms with Crippen LogP contribution in [0.4, 0.5) is 52.7 Å². The monoisotopic (exact) mass is 386 g/mol. The highest BCUT2D eigenvalue weighted by Gasteiger charge is 2.97. The van der Waals surface area contributed by atoms with Gasteiger partial charge >= 0.3 is 36.2 Å². The van der Waals surface area contributed by atoms with Crippen molar-refractivity contribution in [3.8, 4) is 0 Å². The Kier molecular flexibility index (Phi) is 4.27. The molecule has 1 nitrogen and oxygen atoms in total. The third-order valence-corrected chi connectivity index (χ3v) is 3.67. The Balaban J connectivity index is 3.98. The summed E-state index contributed by atoms with van der Waals surface area (Å²) in [6.45, 7) is 0.425. The Morgan fingerprint density at radius 2 is 1.12 bits per heavy atom. The molecule has 0 saturated carbocycles. The fourth-order valence-electron chi connectivity index (χ4n) is 2.35. The van der Waals surface area contributed by atoms with Crippen LogP contribution in [0.1, 0.15) is 20.8 Å². The predicted molar refractivity (Wildman–Crippen MR) is 54.0 cm³/mol. The molecule has 0 bridgehead atoms. The summed E-state index contributed by atoms with van der Waals surface area (Å²) in [6, 6.07) is 0. The second kappa shape index (κ2) is 4.85. The number of hydrogen-bond donors (Lipinski definition) is 0. The van der Waals surface area contributed by atoms with Crippen LogP contribution in [0.25, 0.3) is 0 Å². The number of alkyl halides is 12. The quantitative estimate of drug-likeness (QED) is 0.563. The van der Waals surface area contributed by atoms with Crippen molar-refractivity contribution in [2.24, 2.45) is 5.41 Å². The third kappa shape index (κ3) is 2.02. The van der Waals surface area contributed by atoms with Gasteiger partial charge in [-0.25, -0.2) is 13.2 Å². The zero-order valence-electron chi connectivity index (χ0n) is 12.0. The Morgan fingerprint density at radius 3 is 1.38 bits per heavy atom. The summed E-state index contributed by atoms with van der Waals surface area (Å²) >= 11 is 0. The maximum absolute atomic E-state index is 14.6. The third-order valence-electron chi connectivity index (χ3n) is 3.67. The summed E-state index contributed by atoms with van der Waals surface area (Å²) in [5.74, 6) is -26.4. The molecular weight excluding hydrogens is 376 g/mol. The van der Waals surface area contributed by atoms with Crippen molar-refractivity contribution in [2.75, 3.05) is 0 Å². The molecule has 3 unspecified atom stereocenters. The van der Waals surface area contributed by atoms with Crippen LogP contribution in [-0.4, -0.2) is 41.8 Å². The molecule has 1 aliphatic heterocycles. The average molecular weight is 386 g/mol. The van der Waals surface area contributed by atoms with E-state index in [0.717, 1.165) is 0 Å². The lowest BCUT2D eigenvalue weighted by atomic mass is 9.64. The minimum Gasteiger partial charge on any atom is -0.287 e. The van der Waals surface area contributed by atoms with E-state index in [9.17, 15) is 52.7 Å². The van der Waals surface area contributed by atoms with E-state index < -0.39 is 47.2 Å². The molecule has 24 heavy (non-hydrogen) atoms. The Labute approximate surface area is 126 Å². The van der Waals surface area contributed by atoms with E-state index in [-0.39, 0.29) is 20.8 Å². The van der Waals surface area contributed by atoms with Crippen molar-refractivity contribution < 1.29 is 57.4 Å². The molecule has 3 atom stereocenters. The molecule has 0 aromatic heterocycles. The van der Waals surface area contributed by atoms with Crippen molar-refractivity contribution in [1.29, 1.82) is 0 Å². The Morgan fingerprint density at radius 1 is 0.750 bits per heavy atom. The number of halogens is 12. The van der Waals surface area contributed by atoms with Gasteiger partial charge in [0.15, 0.2) is 0 Å². The molecule has 1 fully saturated rings. The minimum absolute atomic E-state index is 0.142. The molecule has 0 radical (unpaired) electrons. The molecule has 0 aromatic carbocycles. The van der Waals surface area contributed by atoms with Crippen LogP contribution in [0.3, 0.4) is 0 Å². The van der Waals surface area contributed by atoms with Gasteiger partial charge in [-0.1, -0.05) is 20.8 Å². The summed E-state index contributed by atoms with van der Waals surface area (Å²) in [5.41, 5.74) is -9.35. The number of hydrogen-bond acceptors (Lipinski definition) is 1. The van der Waals surface area contributed by atoms with Crippen molar-refractivity contribution >= 4 is 0 Å². The second-order valence-corrected chi connectivity index (χ2v) is 6.20. The van der Waals surface area contributed by atoms with Crippen LogP contribution in [-0.2, 0) is 4.74 Å². The molecule has 1 rings (SSSR count). The Bertz CT molecular complexity index is 508. The SMILES string of the molecule is CC(C)(C)C1(F)C(F)(F)C(F)(C(F)F)OC(F)(C(F)(F)F)C1(F)F. The van der Waals surface area contributed by atoms with Gasteiger partial charge in [0.2, 0.25) is 0 Å². The minimum atomic E-state index is -7.01. The van der Waals surface area contributed by atoms with Crippen LogP contribution < -0.4 is 0 Å². The fraction of sp³-hybridized carbons (Fsp3) is 1.00. The van der Waals surface area contributed by atoms with Gasteiger partial charge in [0.1, 0.15) is 0 Å². The lowest BCUT2D eigenvalue weighted by Crippen LogP contribution is -2.85. The van der Waals surface area contributed by atoms with Gasteiger partial charge in [0.05, 0.1) is 0 Å². The highest BCUT2D eigenvalue weighted by atomic mass is 19.4. The standard InChI is InChI=1S/C11H10F12O/c1-5(2,3)7(15)8(16,17)6(14,4(12)13)24-10(20,9(7,18)19)11(21,22)23/h4H,1-3H3. The molecule has 1 saturated heterocycles. The lowest BCUT2D eigenvalue weighted by Gasteiger charge is -2.57. The van der Waals surface area contributed by atoms with E-state index in [1.54, 1.807) is 0 Å². The zero-order chi connectivity index (χ0) is 19.8. The number of rotatable bonds is 1. The van der Waals surface area contributed by atoms with E-state index in [4.69, 9.17) is 0 Å². The summed E-state index contributed by atoms with van der Waals surface area (Å²) < 4.78 is 163. The molecule has 0 N–H and O–H groups in total. The highest BCUT2D eigenvalue weighted by Crippen LogP contribution is 2.70.